The van der Waals surface area contributed by atoms with Crippen LogP contribution in [0, 0.1) is 17.6 Å². The van der Waals surface area contributed by atoms with Crippen molar-refractivity contribution in [1.82, 2.24) is 40.7 Å². The van der Waals surface area contributed by atoms with Gasteiger partial charge in [0.1, 0.15) is 35.4 Å². The number of rotatable bonds is 10. The monoisotopic (exact) mass is 720 g/mol. The fourth-order valence-electron chi connectivity index (χ4n) is 7.18. The molecule has 0 radical (unpaired) electrons. The minimum Gasteiger partial charge on any atom is -0.344 e. The van der Waals surface area contributed by atoms with Gasteiger partial charge in [0.15, 0.2) is 5.82 Å². The Morgan fingerprint density at radius 2 is 1.87 bits per heavy atom. The Labute approximate surface area is 292 Å². The van der Waals surface area contributed by atoms with Crippen LogP contribution in [-0.4, -0.2) is 53.2 Å². The summed E-state index contributed by atoms with van der Waals surface area (Å²) in [6, 6.07) is 10.9. The van der Waals surface area contributed by atoms with E-state index in [9.17, 15) is 22.4 Å². The van der Waals surface area contributed by atoms with Gasteiger partial charge in [0.05, 0.1) is 30.2 Å². The quantitative estimate of drug-likeness (QED) is 0.158. The summed E-state index contributed by atoms with van der Waals surface area (Å²) in [6.07, 6.45) is -1.57. The van der Waals surface area contributed by atoms with Gasteiger partial charge in [-0.15, -0.1) is 5.10 Å². The number of pyridine rings is 1. The largest absolute Gasteiger partial charge is 0.344 e. The molecule has 8 rings (SSSR count). The molecule has 2 aromatic carbocycles. The van der Waals surface area contributed by atoms with Crippen LogP contribution in [0.5, 0.6) is 0 Å². The third-order valence-corrected chi connectivity index (χ3v) is 9.69. The predicted octanol–water partition coefficient (Wildman–Crippen LogP) is 6.48. The van der Waals surface area contributed by atoms with Crippen LogP contribution in [0.4, 0.5) is 37.7 Å². The summed E-state index contributed by atoms with van der Waals surface area (Å²) in [5.74, 6) is -7.08. The van der Waals surface area contributed by atoms with E-state index in [0.717, 1.165) is 23.4 Å². The average molecular weight is 721 g/mol. The van der Waals surface area contributed by atoms with Crippen LogP contribution >= 0.6 is 0 Å². The molecule has 3 aromatic heterocycles. The Bertz CT molecular complexity index is 2180. The van der Waals surface area contributed by atoms with Gasteiger partial charge in [-0.3, -0.25) is 14.5 Å². The van der Waals surface area contributed by atoms with Gasteiger partial charge in [0, 0.05) is 35.2 Å². The lowest BCUT2D eigenvalue weighted by atomic mass is 10.00. The molecule has 0 saturated heterocycles. The highest BCUT2D eigenvalue weighted by molar-refractivity contribution is 6.06. The number of amidine groups is 1. The van der Waals surface area contributed by atoms with E-state index in [0.29, 0.717) is 33.5 Å². The van der Waals surface area contributed by atoms with E-state index in [1.807, 2.05) is 38.1 Å². The lowest BCUT2D eigenvalue weighted by molar-refractivity contribution is -0.122. The summed E-state index contributed by atoms with van der Waals surface area (Å²) in [4.78, 5) is 25.2. The zero-order valence-corrected chi connectivity index (χ0v) is 27.7. The van der Waals surface area contributed by atoms with E-state index in [1.165, 1.54) is 0 Å². The Morgan fingerprint density at radius 3 is 2.54 bits per heavy atom. The molecule has 2 aliphatic carbocycles. The van der Waals surface area contributed by atoms with E-state index in [4.69, 9.17) is 4.99 Å². The standard InChI is InChI=1S/C35H30F6N10O/c1-16(2)25-6-5-22(13-42-25)50-14-19-4-3-18(33-45-48-49-46-33)10-26(19)44-34(50)27(9-17-7-20(36)11-21(37)8-17)43-28(52)15-51-31-29(30(47-51)32(38)39)23-12-24(23)35(31,40)41/h3-8,10-11,13,16,23-24,27,32H,9,12,14-15H2,1-2H3,(H,43,52)(H,45,46,48,49)/t23-,24+,27?/m0/s1. The number of hydrogen-bond acceptors (Lipinski definition) is 8. The normalized spacial score (nSPS) is 19.0. The summed E-state index contributed by atoms with van der Waals surface area (Å²) in [5, 5.41) is 20.5. The minimum atomic E-state index is -3.43. The number of hydrogen-bond donors (Lipinski definition) is 2. The first kappa shape index (κ1) is 33.5. The maximum absolute atomic E-state index is 15.3. The van der Waals surface area contributed by atoms with Crippen molar-refractivity contribution >= 4 is 23.1 Å². The SMILES string of the molecule is CC(C)c1ccc(N2Cc3ccc(-c4nnn[nH]4)cc3N=C2C(Cc2cc(F)cc(F)c2)NC(=O)Cn2nc(C(F)F)c3c2C(F)(F)[C@@H]2C[C@H]32)cn1. The number of aromatic amines is 1. The molecule has 1 unspecified atom stereocenters. The molecule has 5 aromatic rings. The molecular weight excluding hydrogens is 690 g/mol. The number of carbonyl (C=O) groups is 1. The highest BCUT2D eigenvalue weighted by Crippen LogP contribution is 2.68. The summed E-state index contributed by atoms with van der Waals surface area (Å²) < 4.78 is 88.1. The molecular formula is C35H30F6N10O. The number of nitrogens with zero attached hydrogens (tertiary/aromatic N) is 8. The number of tetrazole rings is 1. The molecule has 2 N–H and O–H groups in total. The van der Waals surface area contributed by atoms with Gasteiger partial charge >= 0.3 is 0 Å². The van der Waals surface area contributed by atoms with E-state index < -0.39 is 65.7 Å². The van der Waals surface area contributed by atoms with Crippen LogP contribution in [0.1, 0.15) is 72.3 Å². The van der Waals surface area contributed by atoms with Gasteiger partial charge in [-0.1, -0.05) is 26.0 Å². The van der Waals surface area contributed by atoms with E-state index in [-0.39, 0.29) is 42.3 Å². The van der Waals surface area contributed by atoms with Crippen molar-refractivity contribution in [3.05, 3.63) is 100 Å². The second-order valence-corrected chi connectivity index (χ2v) is 13.5. The molecule has 3 atom stereocenters. The number of carbonyl (C=O) groups excluding carboxylic acids is 1. The molecule has 17 heteroatoms. The van der Waals surface area contributed by atoms with Crippen molar-refractivity contribution in [3.8, 4) is 11.4 Å². The number of anilines is 1. The number of nitrogens with one attached hydrogen (secondary N) is 2. The molecule has 1 fully saturated rings. The summed E-state index contributed by atoms with van der Waals surface area (Å²) in [5.41, 5.74) is 1.83. The third kappa shape index (κ3) is 5.96. The fraction of sp³-hybridized carbons (Fsp3) is 0.343. The van der Waals surface area contributed by atoms with Crippen LogP contribution in [0.25, 0.3) is 11.4 Å². The number of benzene rings is 2. The van der Waals surface area contributed by atoms with E-state index in [2.05, 4.69) is 36.0 Å². The predicted molar refractivity (Wildman–Crippen MR) is 175 cm³/mol. The van der Waals surface area contributed by atoms with Gasteiger partial charge in [0.2, 0.25) is 5.91 Å². The molecule has 0 bridgehead atoms. The molecule has 3 aliphatic rings. The lowest BCUT2D eigenvalue weighted by Gasteiger charge is -2.35. The van der Waals surface area contributed by atoms with Crippen LogP contribution in [0.3, 0.4) is 0 Å². The van der Waals surface area contributed by atoms with E-state index >= 15 is 8.78 Å². The molecule has 52 heavy (non-hydrogen) atoms. The molecule has 1 aliphatic heterocycles. The number of amides is 1. The second-order valence-electron chi connectivity index (χ2n) is 13.5. The first-order valence-electron chi connectivity index (χ1n) is 16.6. The number of H-pyrrole nitrogens is 1. The maximum Gasteiger partial charge on any atom is 0.293 e. The minimum absolute atomic E-state index is 0.0721. The first-order chi connectivity index (χ1) is 24.9. The first-order valence-corrected chi connectivity index (χ1v) is 16.6. The smallest absolute Gasteiger partial charge is 0.293 e. The van der Waals surface area contributed by atoms with Crippen LogP contribution in [-0.2, 0) is 30.2 Å². The molecule has 1 saturated carbocycles. The molecule has 4 heterocycles. The number of aromatic nitrogens is 7. The topological polar surface area (TPSA) is 130 Å². The molecule has 0 spiro atoms. The highest BCUT2D eigenvalue weighted by atomic mass is 19.3. The van der Waals surface area contributed by atoms with Crippen molar-refractivity contribution in [3.63, 3.8) is 0 Å². The van der Waals surface area contributed by atoms with Gasteiger partial charge < -0.3 is 10.2 Å². The summed E-state index contributed by atoms with van der Waals surface area (Å²) >= 11 is 0. The van der Waals surface area contributed by atoms with Gasteiger partial charge in [-0.25, -0.2) is 27.7 Å². The number of alkyl halides is 4. The van der Waals surface area contributed by atoms with Crippen molar-refractivity contribution in [2.45, 2.75) is 70.0 Å². The number of fused-ring (bicyclic) bond motifs is 4. The van der Waals surface area contributed by atoms with Crippen LogP contribution < -0.4 is 10.2 Å². The zero-order chi connectivity index (χ0) is 36.5. The lowest BCUT2D eigenvalue weighted by Crippen LogP contribution is -2.51. The Kier molecular flexibility index (Phi) is 8.10. The van der Waals surface area contributed by atoms with Crippen molar-refractivity contribution in [2.24, 2.45) is 10.9 Å². The van der Waals surface area contributed by atoms with Gasteiger partial charge in [0.25, 0.3) is 12.3 Å². The maximum atomic E-state index is 15.3. The van der Waals surface area contributed by atoms with Crippen molar-refractivity contribution in [2.75, 3.05) is 4.90 Å². The average Bonchev–Trinajstić information content (AvgIpc) is 3.42. The van der Waals surface area contributed by atoms with Crippen molar-refractivity contribution in [1.29, 1.82) is 0 Å². The summed E-state index contributed by atoms with van der Waals surface area (Å²) in [6.45, 7) is 3.41. The van der Waals surface area contributed by atoms with Gasteiger partial charge in [-0.2, -0.15) is 13.9 Å². The Balaban J connectivity index is 1.20. The van der Waals surface area contributed by atoms with Crippen LogP contribution in [0.2, 0.25) is 0 Å². The highest BCUT2D eigenvalue weighted by Gasteiger charge is 2.67. The summed E-state index contributed by atoms with van der Waals surface area (Å²) in [7, 11) is 0. The zero-order valence-electron chi connectivity index (χ0n) is 27.7. The van der Waals surface area contributed by atoms with E-state index in [1.54, 1.807) is 17.2 Å². The van der Waals surface area contributed by atoms with Crippen LogP contribution in [0.15, 0.2) is 59.7 Å². The third-order valence-electron chi connectivity index (χ3n) is 9.69. The number of aliphatic imine (C=N–C) groups is 1. The number of halogens is 6. The van der Waals surface area contributed by atoms with Crippen molar-refractivity contribution < 1.29 is 31.1 Å². The molecule has 268 valence electrons. The fourth-order valence-corrected chi connectivity index (χ4v) is 7.18. The van der Waals surface area contributed by atoms with Gasteiger partial charge in [-0.05, 0) is 70.1 Å². The Hall–Kier alpha value is -5.61. The molecule has 1 amide bonds. The Morgan fingerprint density at radius 1 is 1.08 bits per heavy atom. The molecule has 11 nitrogen and oxygen atoms in total. The second kappa shape index (κ2) is 12.6.